The molecule has 0 saturated carbocycles. The lowest BCUT2D eigenvalue weighted by Crippen LogP contribution is -2.44. The van der Waals surface area contributed by atoms with E-state index in [0.717, 1.165) is 30.7 Å². The quantitative estimate of drug-likeness (QED) is 0.889. The number of amides is 1. The largest absolute Gasteiger partial charge is 0.491 e. The lowest BCUT2D eigenvalue weighted by Gasteiger charge is -2.24. The number of fused-ring (bicyclic) bond motifs is 1. The van der Waals surface area contributed by atoms with Crippen LogP contribution in [0.1, 0.15) is 26.2 Å². The minimum Gasteiger partial charge on any atom is -0.491 e. The standard InChI is InChI=1S/C14H20N2O2/c1-2-6-11(15)14(17)16-9-5-10-18-13-8-4-3-7-12(13)16/h3-4,7-8,11H,2,5-6,9-10,15H2,1H3. The Bertz CT molecular complexity index is 420. The first-order chi connectivity index (χ1) is 8.74. The maximum atomic E-state index is 12.3. The average molecular weight is 248 g/mol. The number of rotatable bonds is 3. The highest BCUT2D eigenvalue weighted by Crippen LogP contribution is 2.30. The van der Waals surface area contributed by atoms with Crippen molar-refractivity contribution in [1.29, 1.82) is 0 Å². The molecular formula is C14H20N2O2. The molecule has 2 N–H and O–H groups in total. The molecule has 2 rings (SSSR count). The van der Waals surface area contributed by atoms with Crippen molar-refractivity contribution in [2.75, 3.05) is 18.1 Å². The van der Waals surface area contributed by atoms with Crippen LogP contribution in [0.25, 0.3) is 0 Å². The molecule has 1 aliphatic heterocycles. The van der Waals surface area contributed by atoms with Crippen LogP contribution in [0.3, 0.4) is 0 Å². The molecule has 1 aliphatic rings. The summed E-state index contributed by atoms with van der Waals surface area (Å²) in [7, 11) is 0. The van der Waals surface area contributed by atoms with Gasteiger partial charge < -0.3 is 15.4 Å². The highest BCUT2D eigenvalue weighted by Gasteiger charge is 2.25. The third-order valence-corrected chi connectivity index (χ3v) is 3.12. The van der Waals surface area contributed by atoms with Crippen LogP contribution in [-0.4, -0.2) is 25.1 Å². The Labute approximate surface area is 108 Å². The molecule has 0 spiro atoms. The summed E-state index contributed by atoms with van der Waals surface area (Å²) in [5.41, 5.74) is 6.77. The van der Waals surface area contributed by atoms with Crippen LogP contribution in [0.4, 0.5) is 5.69 Å². The number of nitrogens with two attached hydrogens (primary N) is 1. The van der Waals surface area contributed by atoms with Gasteiger partial charge in [-0.1, -0.05) is 25.5 Å². The summed E-state index contributed by atoms with van der Waals surface area (Å²) in [4.78, 5) is 14.1. The van der Waals surface area contributed by atoms with Crippen LogP contribution in [0, 0.1) is 0 Å². The van der Waals surface area contributed by atoms with Crippen molar-refractivity contribution in [1.82, 2.24) is 0 Å². The van der Waals surface area contributed by atoms with Crippen molar-refractivity contribution < 1.29 is 9.53 Å². The fourth-order valence-electron chi connectivity index (χ4n) is 2.19. The first-order valence-electron chi connectivity index (χ1n) is 6.53. The molecule has 4 nitrogen and oxygen atoms in total. The molecule has 1 aromatic carbocycles. The van der Waals surface area contributed by atoms with E-state index >= 15 is 0 Å². The number of carbonyl (C=O) groups excluding carboxylic acids is 1. The van der Waals surface area contributed by atoms with E-state index in [1.165, 1.54) is 0 Å². The molecule has 1 atom stereocenters. The Morgan fingerprint density at radius 2 is 2.28 bits per heavy atom. The third-order valence-electron chi connectivity index (χ3n) is 3.12. The molecule has 0 bridgehead atoms. The number of carbonyl (C=O) groups is 1. The number of anilines is 1. The molecule has 0 aliphatic carbocycles. The Kier molecular flexibility index (Phi) is 4.20. The summed E-state index contributed by atoms with van der Waals surface area (Å²) in [6.45, 7) is 3.35. The second-order valence-corrected chi connectivity index (χ2v) is 4.55. The van der Waals surface area contributed by atoms with Gasteiger partial charge in [-0.25, -0.2) is 0 Å². The monoisotopic (exact) mass is 248 g/mol. The fourth-order valence-corrected chi connectivity index (χ4v) is 2.19. The molecule has 0 saturated heterocycles. The third kappa shape index (κ3) is 2.64. The van der Waals surface area contributed by atoms with Crippen LogP contribution in [0.5, 0.6) is 5.75 Å². The van der Waals surface area contributed by atoms with Gasteiger partial charge in [-0.2, -0.15) is 0 Å². The van der Waals surface area contributed by atoms with Gasteiger partial charge in [0, 0.05) is 6.54 Å². The molecule has 18 heavy (non-hydrogen) atoms. The molecule has 1 unspecified atom stereocenters. The second kappa shape index (κ2) is 5.87. The first kappa shape index (κ1) is 12.9. The molecule has 1 amide bonds. The number of hydrogen-bond donors (Lipinski definition) is 1. The minimum absolute atomic E-state index is 0.00481. The van der Waals surface area contributed by atoms with Crippen molar-refractivity contribution in [3.63, 3.8) is 0 Å². The summed E-state index contributed by atoms with van der Waals surface area (Å²) in [5.74, 6) is 0.766. The van der Waals surface area contributed by atoms with Crippen LogP contribution >= 0.6 is 0 Å². The molecule has 1 aromatic rings. The molecule has 4 heteroatoms. The number of hydrogen-bond acceptors (Lipinski definition) is 3. The summed E-state index contributed by atoms with van der Waals surface area (Å²) in [6.07, 6.45) is 2.47. The Morgan fingerprint density at radius 1 is 1.50 bits per heavy atom. The van der Waals surface area contributed by atoms with Crippen LogP contribution in [0.15, 0.2) is 24.3 Å². The van der Waals surface area contributed by atoms with Gasteiger partial charge in [0.05, 0.1) is 18.3 Å². The normalized spacial score (nSPS) is 16.4. The predicted octanol–water partition coefficient (Wildman–Crippen LogP) is 1.93. The van der Waals surface area contributed by atoms with E-state index in [9.17, 15) is 4.79 Å². The molecular weight excluding hydrogens is 228 g/mol. The van der Waals surface area contributed by atoms with Crippen molar-refractivity contribution in [3.05, 3.63) is 24.3 Å². The SMILES string of the molecule is CCCC(N)C(=O)N1CCCOc2ccccc21. The van der Waals surface area contributed by atoms with Gasteiger partial charge in [0.15, 0.2) is 0 Å². The van der Waals surface area contributed by atoms with E-state index in [2.05, 4.69) is 0 Å². The van der Waals surface area contributed by atoms with Gasteiger partial charge in [-0.05, 0) is 25.0 Å². The number of nitrogens with zero attached hydrogens (tertiary/aromatic N) is 1. The molecule has 1 heterocycles. The van der Waals surface area contributed by atoms with Crippen molar-refractivity contribution >= 4 is 11.6 Å². The van der Waals surface area contributed by atoms with Crippen LogP contribution in [-0.2, 0) is 4.79 Å². The van der Waals surface area contributed by atoms with Crippen molar-refractivity contribution in [2.45, 2.75) is 32.2 Å². The molecule has 0 radical (unpaired) electrons. The Balaban J connectivity index is 2.24. The van der Waals surface area contributed by atoms with E-state index in [1.54, 1.807) is 4.90 Å². The van der Waals surface area contributed by atoms with Gasteiger partial charge >= 0.3 is 0 Å². The Hall–Kier alpha value is -1.55. The number of para-hydroxylation sites is 2. The van der Waals surface area contributed by atoms with Gasteiger partial charge in [0.25, 0.3) is 0 Å². The summed E-state index contributed by atoms with van der Waals surface area (Å²) in [5, 5.41) is 0. The summed E-state index contributed by atoms with van der Waals surface area (Å²) >= 11 is 0. The van der Waals surface area contributed by atoms with Gasteiger partial charge in [0.2, 0.25) is 5.91 Å². The van der Waals surface area contributed by atoms with Crippen LogP contribution in [0.2, 0.25) is 0 Å². The zero-order valence-electron chi connectivity index (χ0n) is 10.8. The zero-order valence-corrected chi connectivity index (χ0v) is 10.8. The van der Waals surface area contributed by atoms with E-state index < -0.39 is 6.04 Å². The lowest BCUT2D eigenvalue weighted by atomic mass is 10.1. The maximum absolute atomic E-state index is 12.3. The topological polar surface area (TPSA) is 55.6 Å². The average Bonchev–Trinajstić information content (AvgIpc) is 2.60. The summed E-state index contributed by atoms with van der Waals surface area (Å²) < 4.78 is 5.63. The molecule has 0 aromatic heterocycles. The Morgan fingerprint density at radius 3 is 3.06 bits per heavy atom. The second-order valence-electron chi connectivity index (χ2n) is 4.55. The minimum atomic E-state index is -0.416. The maximum Gasteiger partial charge on any atom is 0.244 e. The number of ether oxygens (including phenoxy) is 1. The highest BCUT2D eigenvalue weighted by molar-refractivity contribution is 5.98. The first-order valence-corrected chi connectivity index (χ1v) is 6.53. The number of benzene rings is 1. The predicted molar refractivity (Wildman–Crippen MR) is 71.8 cm³/mol. The smallest absolute Gasteiger partial charge is 0.244 e. The zero-order chi connectivity index (χ0) is 13.0. The van der Waals surface area contributed by atoms with Gasteiger partial charge in [0.1, 0.15) is 5.75 Å². The van der Waals surface area contributed by atoms with Gasteiger partial charge in [-0.15, -0.1) is 0 Å². The van der Waals surface area contributed by atoms with E-state index in [4.69, 9.17) is 10.5 Å². The van der Waals surface area contributed by atoms with Gasteiger partial charge in [-0.3, -0.25) is 4.79 Å². The molecule has 0 fully saturated rings. The van der Waals surface area contributed by atoms with Crippen LogP contribution < -0.4 is 15.4 Å². The fraction of sp³-hybridized carbons (Fsp3) is 0.500. The lowest BCUT2D eigenvalue weighted by molar-refractivity contribution is -0.120. The highest BCUT2D eigenvalue weighted by atomic mass is 16.5. The van der Waals surface area contributed by atoms with E-state index in [1.807, 2.05) is 31.2 Å². The van der Waals surface area contributed by atoms with Crippen molar-refractivity contribution in [2.24, 2.45) is 5.73 Å². The van der Waals surface area contributed by atoms with Crippen molar-refractivity contribution in [3.8, 4) is 5.75 Å². The summed E-state index contributed by atoms with van der Waals surface area (Å²) in [6, 6.07) is 7.22. The van der Waals surface area contributed by atoms with E-state index in [-0.39, 0.29) is 5.91 Å². The van der Waals surface area contributed by atoms with E-state index in [0.29, 0.717) is 13.2 Å². The molecule has 98 valence electrons.